The summed E-state index contributed by atoms with van der Waals surface area (Å²) in [7, 11) is 1.82. The minimum atomic E-state index is -1.22. The van der Waals surface area contributed by atoms with Gasteiger partial charge in [-0.3, -0.25) is 19.2 Å². The van der Waals surface area contributed by atoms with E-state index < -0.39 is 41.8 Å². The topological polar surface area (TPSA) is 244 Å². The minimum absolute atomic E-state index is 0.00106. The number of rotatable bonds is 17. The van der Waals surface area contributed by atoms with Gasteiger partial charge in [-0.1, -0.05) is 0 Å². The molecule has 17 heteroatoms. The van der Waals surface area contributed by atoms with Crippen LogP contribution >= 0.6 is 0 Å². The Labute approximate surface area is 277 Å². The monoisotopic (exact) mass is 667 g/mol. The SMILES string of the molecule is CCOC(=O)CC[C@H](NC(=O)c1ccc(N(C)Cc2cnc3nc(N)nc(N)c3n2)cc1)C(=O)N[C@@H](CCC(=O)OCC)C(=O)OCC. The molecule has 0 unspecified atom stereocenters. The lowest BCUT2D eigenvalue weighted by molar-refractivity contribution is -0.149. The van der Waals surface area contributed by atoms with Crippen molar-refractivity contribution in [1.29, 1.82) is 0 Å². The van der Waals surface area contributed by atoms with Crippen LogP contribution in [0, 0.1) is 0 Å². The number of nitrogens with zero attached hydrogens (tertiary/aromatic N) is 5. The van der Waals surface area contributed by atoms with Gasteiger partial charge in [0.05, 0.1) is 38.3 Å². The molecule has 0 radical (unpaired) electrons. The number of nitrogen functional groups attached to an aromatic ring is 2. The van der Waals surface area contributed by atoms with Crippen LogP contribution in [0.3, 0.4) is 0 Å². The predicted molar refractivity (Wildman–Crippen MR) is 174 cm³/mol. The Morgan fingerprint density at radius 2 is 1.42 bits per heavy atom. The lowest BCUT2D eigenvalue weighted by Crippen LogP contribution is -2.52. The van der Waals surface area contributed by atoms with Crippen molar-refractivity contribution in [2.75, 3.05) is 43.2 Å². The first kappa shape index (κ1) is 36.9. The molecule has 0 saturated heterocycles. The van der Waals surface area contributed by atoms with Gasteiger partial charge in [0.15, 0.2) is 17.0 Å². The Bertz CT molecular complexity index is 1600. The Hall–Kier alpha value is -5.61. The molecule has 2 aromatic heterocycles. The van der Waals surface area contributed by atoms with E-state index >= 15 is 0 Å². The maximum absolute atomic E-state index is 13.4. The van der Waals surface area contributed by atoms with E-state index in [9.17, 15) is 24.0 Å². The van der Waals surface area contributed by atoms with E-state index in [-0.39, 0.29) is 68.5 Å². The fourth-order valence-electron chi connectivity index (χ4n) is 4.53. The average Bonchev–Trinajstić information content (AvgIpc) is 3.05. The summed E-state index contributed by atoms with van der Waals surface area (Å²) < 4.78 is 14.9. The number of carbonyl (C=O) groups excluding carboxylic acids is 5. The Morgan fingerprint density at radius 1 is 0.812 bits per heavy atom. The van der Waals surface area contributed by atoms with Crippen molar-refractivity contribution >= 4 is 58.3 Å². The molecule has 0 bridgehead atoms. The summed E-state index contributed by atoms with van der Waals surface area (Å²) in [6.45, 7) is 5.60. The summed E-state index contributed by atoms with van der Waals surface area (Å²) in [4.78, 5) is 81.8. The number of esters is 3. The molecular formula is C31H41N9O8. The van der Waals surface area contributed by atoms with Crippen LogP contribution in [0.2, 0.25) is 0 Å². The van der Waals surface area contributed by atoms with E-state index in [1.807, 2.05) is 11.9 Å². The van der Waals surface area contributed by atoms with Gasteiger partial charge in [0, 0.05) is 31.1 Å². The number of fused-ring (bicyclic) bond motifs is 1. The smallest absolute Gasteiger partial charge is 0.328 e. The van der Waals surface area contributed by atoms with E-state index in [1.165, 1.54) is 0 Å². The van der Waals surface area contributed by atoms with Gasteiger partial charge in [-0.2, -0.15) is 9.97 Å². The summed E-state index contributed by atoms with van der Waals surface area (Å²) in [5.41, 5.74) is 13.7. The summed E-state index contributed by atoms with van der Waals surface area (Å²) in [5, 5.41) is 5.19. The molecule has 2 amide bonds. The number of hydrogen-bond donors (Lipinski definition) is 4. The fourth-order valence-corrected chi connectivity index (χ4v) is 4.53. The van der Waals surface area contributed by atoms with E-state index in [2.05, 4.69) is 30.6 Å². The van der Waals surface area contributed by atoms with E-state index in [1.54, 1.807) is 51.2 Å². The van der Waals surface area contributed by atoms with Crippen molar-refractivity contribution in [3.63, 3.8) is 0 Å². The van der Waals surface area contributed by atoms with Crippen molar-refractivity contribution in [3.8, 4) is 0 Å². The first-order valence-corrected chi connectivity index (χ1v) is 15.4. The van der Waals surface area contributed by atoms with E-state index in [4.69, 9.17) is 25.7 Å². The first-order chi connectivity index (χ1) is 22.9. The quantitative estimate of drug-likeness (QED) is 0.116. The molecule has 0 saturated carbocycles. The van der Waals surface area contributed by atoms with Crippen molar-refractivity contribution in [2.45, 2.75) is 65.1 Å². The third-order valence-electron chi connectivity index (χ3n) is 6.86. The summed E-state index contributed by atoms with van der Waals surface area (Å²) in [6.07, 6.45) is 1.03. The van der Waals surface area contributed by atoms with Gasteiger partial charge < -0.3 is 41.2 Å². The molecule has 3 aromatic rings. The third kappa shape index (κ3) is 10.7. The van der Waals surface area contributed by atoms with E-state index in [0.29, 0.717) is 17.8 Å². The zero-order valence-electron chi connectivity index (χ0n) is 27.4. The molecular weight excluding hydrogens is 626 g/mol. The molecule has 2 atom stereocenters. The van der Waals surface area contributed by atoms with Crippen LogP contribution in [0.25, 0.3) is 11.2 Å². The maximum Gasteiger partial charge on any atom is 0.328 e. The van der Waals surface area contributed by atoms with Gasteiger partial charge in [0.1, 0.15) is 12.1 Å². The Morgan fingerprint density at radius 3 is 2.02 bits per heavy atom. The second-order valence-electron chi connectivity index (χ2n) is 10.4. The number of nitrogens with one attached hydrogen (secondary N) is 2. The largest absolute Gasteiger partial charge is 0.466 e. The summed E-state index contributed by atoms with van der Waals surface area (Å²) in [5.74, 6) is -3.07. The van der Waals surface area contributed by atoms with Gasteiger partial charge in [-0.05, 0) is 57.9 Å². The Kier molecular flexibility index (Phi) is 13.8. The first-order valence-electron chi connectivity index (χ1n) is 15.4. The third-order valence-corrected chi connectivity index (χ3v) is 6.86. The van der Waals surface area contributed by atoms with Crippen LogP contribution in [-0.2, 0) is 39.9 Å². The average molecular weight is 668 g/mol. The molecule has 0 aliphatic heterocycles. The Balaban J connectivity index is 1.72. The molecule has 0 aliphatic carbocycles. The number of aromatic nitrogens is 4. The maximum atomic E-state index is 13.4. The van der Waals surface area contributed by atoms with Crippen LogP contribution in [0.4, 0.5) is 17.5 Å². The number of ether oxygens (including phenoxy) is 3. The molecule has 6 N–H and O–H groups in total. The lowest BCUT2D eigenvalue weighted by atomic mass is 10.1. The number of anilines is 3. The van der Waals surface area contributed by atoms with Crippen molar-refractivity contribution in [1.82, 2.24) is 30.6 Å². The van der Waals surface area contributed by atoms with Crippen LogP contribution < -0.4 is 27.0 Å². The van der Waals surface area contributed by atoms with Gasteiger partial charge in [0.2, 0.25) is 11.9 Å². The van der Waals surface area contributed by atoms with Crippen LogP contribution in [0.1, 0.15) is 62.5 Å². The highest BCUT2D eigenvalue weighted by Crippen LogP contribution is 2.19. The summed E-state index contributed by atoms with van der Waals surface area (Å²) >= 11 is 0. The standard InChI is InChI=1S/C31H41N9O8/c1-5-46-23(41)14-12-21(29(44)37-22(30(45)48-7-3)13-15-24(42)47-6-2)36-28(43)18-8-10-20(11-9-18)40(4)17-19-16-34-27-25(35-19)26(32)38-31(33)39-27/h8-11,16,21-22H,5-7,12-15,17H2,1-4H3,(H,36,43)(H,37,44)(H4,32,33,34,38,39)/t21-,22-/m0/s1. The predicted octanol–water partition coefficient (Wildman–Crippen LogP) is 1.05. The molecule has 17 nitrogen and oxygen atoms in total. The molecule has 258 valence electrons. The van der Waals surface area contributed by atoms with Gasteiger partial charge in [-0.25, -0.2) is 14.8 Å². The number of amides is 2. The van der Waals surface area contributed by atoms with Crippen molar-refractivity contribution < 1.29 is 38.2 Å². The van der Waals surface area contributed by atoms with Crippen molar-refractivity contribution in [2.24, 2.45) is 0 Å². The zero-order chi connectivity index (χ0) is 35.2. The van der Waals surface area contributed by atoms with Crippen LogP contribution in [0.15, 0.2) is 30.5 Å². The fraction of sp³-hybridized carbons (Fsp3) is 0.452. The van der Waals surface area contributed by atoms with Gasteiger partial charge >= 0.3 is 17.9 Å². The highest BCUT2D eigenvalue weighted by molar-refractivity contribution is 5.98. The second-order valence-corrected chi connectivity index (χ2v) is 10.4. The highest BCUT2D eigenvalue weighted by Gasteiger charge is 2.29. The van der Waals surface area contributed by atoms with Crippen LogP contribution in [-0.4, -0.2) is 88.6 Å². The molecule has 48 heavy (non-hydrogen) atoms. The molecule has 2 heterocycles. The molecule has 0 fully saturated rings. The zero-order valence-corrected chi connectivity index (χ0v) is 27.4. The highest BCUT2D eigenvalue weighted by atomic mass is 16.5. The number of benzene rings is 1. The van der Waals surface area contributed by atoms with Gasteiger partial charge in [-0.15, -0.1) is 0 Å². The number of nitrogens with two attached hydrogens (primary N) is 2. The molecule has 1 aromatic carbocycles. The second kappa shape index (κ2) is 17.9. The number of carbonyl (C=O) groups is 5. The normalized spacial score (nSPS) is 12.0. The molecule has 3 rings (SSSR count). The minimum Gasteiger partial charge on any atom is -0.466 e. The number of hydrogen-bond acceptors (Lipinski definition) is 15. The van der Waals surface area contributed by atoms with Crippen LogP contribution in [0.5, 0.6) is 0 Å². The summed E-state index contributed by atoms with van der Waals surface area (Å²) in [6, 6.07) is 4.16. The van der Waals surface area contributed by atoms with Gasteiger partial charge in [0.25, 0.3) is 5.91 Å². The molecule has 0 aliphatic rings. The lowest BCUT2D eigenvalue weighted by Gasteiger charge is -2.23. The van der Waals surface area contributed by atoms with E-state index in [0.717, 1.165) is 5.69 Å². The molecule has 0 spiro atoms. The van der Waals surface area contributed by atoms with Crippen molar-refractivity contribution in [3.05, 3.63) is 41.7 Å².